The van der Waals surface area contributed by atoms with Crippen molar-refractivity contribution in [1.29, 1.82) is 0 Å². The maximum Gasteiger partial charge on any atom is 0.123 e. The first-order valence-corrected chi connectivity index (χ1v) is 5.03. The van der Waals surface area contributed by atoms with Crippen LogP contribution in [0, 0.1) is 5.92 Å². The topological polar surface area (TPSA) is 29.5 Å². The lowest BCUT2D eigenvalue weighted by Crippen LogP contribution is -2.35. The van der Waals surface area contributed by atoms with Crippen LogP contribution in [0.3, 0.4) is 0 Å². The van der Waals surface area contributed by atoms with Gasteiger partial charge in [0.05, 0.1) is 0 Å². The molecule has 76 valence electrons. The average Bonchev–Trinajstić information content (AvgIpc) is 2.19. The van der Waals surface area contributed by atoms with Crippen LogP contribution < -0.4 is 0 Å². The molecule has 3 nitrogen and oxygen atoms in total. The molecular weight excluding hydrogens is 166 g/mol. The van der Waals surface area contributed by atoms with Gasteiger partial charge in [-0.05, 0) is 32.4 Å². The van der Waals surface area contributed by atoms with E-state index in [0.717, 1.165) is 51.8 Å². The third-order valence-corrected chi connectivity index (χ3v) is 2.65. The number of carbonyl (C=O) groups is 1. The molecule has 0 spiro atoms. The Balaban J connectivity index is 2.07. The van der Waals surface area contributed by atoms with E-state index in [2.05, 4.69) is 4.90 Å². The summed E-state index contributed by atoms with van der Waals surface area (Å²) in [5.41, 5.74) is 0. The fraction of sp³-hybridized carbons (Fsp3) is 0.900. The monoisotopic (exact) mass is 185 g/mol. The van der Waals surface area contributed by atoms with Crippen molar-refractivity contribution in [2.45, 2.75) is 19.3 Å². The fourth-order valence-electron chi connectivity index (χ4n) is 1.75. The predicted octanol–water partition coefficient (Wildman–Crippen LogP) is 0.934. The van der Waals surface area contributed by atoms with E-state index in [4.69, 9.17) is 4.74 Å². The van der Waals surface area contributed by atoms with Crippen LogP contribution in [0.4, 0.5) is 0 Å². The summed E-state index contributed by atoms with van der Waals surface area (Å²) in [6.45, 7) is 4.10. The van der Waals surface area contributed by atoms with Gasteiger partial charge in [-0.15, -0.1) is 0 Å². The fourth-order valence-corrected chi connectivity index (χ4v) is 1.75. The molecule has 0 saturated carbocycles. The number of nitrogens with zero attached hydrogens (tertiary/aromatic N) is 1. The van der Waals surface area contributed by atoms with Crippen molar-refractivity contribution in [3.8, 4) is 0 Å². The summed E-state index contributed by atoms with van der Waals surface area (Å²) in [5.74, 6) is 0.318. The largest absolute Gasteiger partial charge is 0.385 e. The number of aldehydes is 1. The summed E-state index contributed by atoms with van der Waals surface area (Å²) < 4.78 is 4.99. The maximum absolute atomic E-state index is 10.5. The molecule has 0 atom stereocenters. The van der Waals surface area contributed by atoms with Crippen LogP contribution in [-0.4, -0.2) is 44.5 Å². The SMILES string of the molecule is COCCCN1CCC(C=O)CC1. The van der Waals surface area contributed by atoms with Crippen molar-refractivity contribution in [2.75, 3.05) is 33.4 Å². The summed E-state index contributed by atoms with van der Waals surface area (Å²) >= 11 is 0. The van der Waals surface area contributed by atoms with Gasteiger partial charge in [0.1, 0.15) is 6.29 Å². The first-order chi connectivity index (χ1) is 6.36. The number of hydrogen-bond acceptors (Lipinski definition) is 3. The Kier molecular flexibility index (Phi) is 5.01. The van der Waals surface area contributed by atoms with E-state index in [1.807, 2.05) is 0 Å². The molecule has 0 aromatic rings. The average molecular weight is 185 g/mol. The number of rotatable bonds is 5. The van der Waals surface area contributed by atoms with Gasteiger partial charge in [-0.3, -0.25) is 0 Å². The predicted molar refractivity (Wildman–Crippen MR) is 51.7 cm³/mol. The summed E-state index contributed by atoms with van der Waals surface area (Å²) in [6, 6.07) is 0. The Morgan fingerprint density at radius 3 is 2.69 bits per heavy atom. The van der Waals surface area contributed by atoms with Crippen LogP contribution in [-0.2, 0) is 9.53 Å². The zero-order valence-electron chi connectivity index (χ0n) is 8.37. The van der Waals surface area contributed by atoms with Gasteiger partial charge in [-0.1, -0.05) is 0 Å². The van der Waals surface area contributed by atoms with Gasteiger partial charge in [0.2, 0.25) is 0 Å². The van der Waals surface area contributed by atoms with Crippen molar-refractivity contribution < 1.29 is 9.53 Å². The normalized spacial score (nSPS) is 20.4. The third kappa shape index (κ3) is 3.87. The Morgan fingerprint density at radius 2 is 2.15 bits per heavy atom. The summed E-state index contributed by atoms with van der Waals surface area (Å²) in [4.78, 5) is 12.9. The molecule has 13 heavy (non-hydrogen) atoms. The molecule has 0 aliphatic carbocycles. The van der Waals surface area contributed by atoms with Crippen molar-refractivity contribution in [3.05, 3.63) is 0 Å². The molecule has 1 rings (SSSR count). The molecule has 0 bridgehead atoms. The van der Waals surface area contributed by atoms with Gasteiger partial charge >= 0.3 is 0 Å². The molecule has 1 fully saturated rings. The van der Waals surface area contributed by atoms with Gasteiger partial charge in [-0.25, -0.2) is 0 Å². The first kappa shape index (κ1) is 10.7. The summed E-state index contributed by atoms with van der Waals surface area (Å²) in [7, 11) is 1.73. The molecule has 1 saturated heterocycles. The Hall–Kier alpha value is -0.410. The van der Waals surface area contributed by atoms with Crippen LogP contribution in [0.1, 0.15) is 19.3 Å². The molecule has 3 heteroatoms. The van der Waals surface area contributed by atoms with E-state index in [-0.39, 0.29) is 0 Å². The number of hydrogen-bond donors (Lipinski definition) is 0. The number of ether oxygens (including phenoxy) is 1. The van der Waals surface area contributed by atoms with Crippen molar-refractivity contribution in [2.24, 2.45) is 5.92 Å². The minimum Gasteiger partial charge on any atom is -0.385 e. The van der Waals surface area contributed by atoms with Gasteiger partial charge in [-0.2, -0.15) is 0 Å². The third-order valence-electron chi connectivity index (χ3n) is 2.65. The van der Waals surface area contributed by atoms with Gasteiger partial charge in [0.15, 0.2) is 0 Å². The Morgan fingerprint density at radius 1 is 1.46 bits per heavy atom. The van der Waals surface area contributed by atoms with Crippen molar-refractivity contribution in [3.63, 3.8) is 0 Å². The lowest BCUT2D eigenvalue weighted by molar-refractivity contribution is -0.112. The molecule has 0 N–H and O–H groups in total. The van der Waals surface area contributed by atoms with E-state index in [1.165, 1.54) is 0 Å². The van der Waals surface area contributed by atoms with Gasteiger partial charge < -0.3 is 14.4 Å². The highest BCUT2D eigenvalue weighted by Gasteiger charge is 2.17. The quantitative estimate of drug-likeness (QED) is 0.471. The minimum atomic E-state index is 0.318. The second-order valence-corrected chi connectivity index (χ2v) is 3.66. The molecule has 0 aromatic heterocycles. The molecule has 0 radical (unpaired) electrons. The molecule has 0 aromatic carbocycles. The van der Waals surface area contributed by atoms with Gasteiger partial charge in [0, 0.05) is 26.2 Å². The van der Waals surface area contributed by atoms with E-state index in [0.29, 0.717) is 5.92 Å². The Bertz CT molecular complexity index is 142. The molecule has 0 amide bonds. The summed E-state index contributed by atoms with van der Waals surface area (Å²) in [5, 5.41) is 0. The summed E-state index contributed by atoms with van der Waals surface area (Å²) in [6.07, 6.45) is 4.28. The first-order valence-electron chi connectivity index (χ1n) is 5.03. The van der Waals surface area contributed by atoms with Gasteiger partial charge in [0.25, 0.3) is 0 Å². The maximum atomic E-state index is 10.5. The number of carbonyl (C=O) groups excluding carboxylic acids is 1. The van der Waals surface area contributed by atoms with E-state index < -0.39 is 0 Å². The van der Waals surface area contributed by atoms with Crippen molar-refractivity contribution in [1.82, 2.24) is 4.90 Å². The number of piperidine rings is 1. The van der Waals surface area contributed by atoms with E-state index in [9.17, 15) is 4.79 Å². The Labute approximate surface area is 80.1 Å². The minimum absolute atomic E-state index is 0.318. The highest BCUT2D eigenvalue weighted by atomic mass is 16.5. The highest BCUT2D eigenvalue weighted by Crippen LogP contribution is 2.14. The number of methoxy groups -OCH3 is 1. The van der Waals surface area contributed by atoms with E-state index >= 15 is 0 Å². The van der Waals surface area contributed by atoms with E-state index in [1.54, 1.807) is 7.11 Å². The lowest BCUT2D eigenvalue weighted by atomic mass is 9.98. The highest BCUT2D eigenvalue weighted by molar-refractivity contribution is 5.53. The molecule has 1 heterocycles. The zero-order chi connectivity index (χ0) is 9.52. The van der Waals surface area contributed by atoms with Crippen LogP contribution in [0.25, 0.3) is 0 Å². The lowest BCUT2D eigenvalue weighted by Gasteiger charge is -2.29. The zero-order valence-corrected chi connectivity index (χ0v) is 8.37. The second kappa shape index (κ2) is 6.11. The standard InChI is InChI=1S/C10H19NO2/c1-13-8-2-5-11-6-3-10(9-12)4-7-11/h9-10H,2-8H2,1H3. The molecule has 0 unspecified atom stereocenters. The van der Waals surface area contributed by atoms with Crippen LogP contribution in [0.15, 0.2) is 0 Å². The second-order valence-electron chi connectivity index (χ2n) is 3.66. The van der Waals surface area contributed by atoms with Crippen LogP contribution in [0.2, 0.25) is 0 Å². The molecule has 1 aliphatic rings. The van der Waals surface area contributed by atoms with Crippen LogP contribution in [0.5, 0.6) is 0 Å². The number of likely N-dealkylation sites (tertiary alicyclic amines) is 1. The van der Waals surface area contributed by atoms with Crippen molar-refractivity contribution >= 4 is 6.29 Å². The molecule has 1 aliphatic heterocycles. The molecular formula is C10H19NO2. The van der Waals surface area contributed by atoms with Crippen LogP contribution >= 0.6 is 0 Å². The smallest absolute Gasteiger partial charge is 0.123 e.